The summed E-state index contributed by atoms with van der Waals surface area (Å²) in [5.41, 5.74) is 0. The fourth-order valence-electron chi connectivity index (χ4n) is 1.41. The summed E-state index contributed by atoms with van der Waals surface area (Å²) in [6.07, 6.45) is 0. The van der Waals surface area contributed by atoms with Crippen molar-refractivity contribution >= 4 is 10.8 Å². The predicted octanol–water partition coefficient (Wildman–Crippen LogP) is 2.81. The van der Waals surface area contributed by atoms with Gasteiger partial charge in [-0.2, -0.15) is 4.39 Å². The Morgan fingerprint density at radius 2 is 1.38 bits per heavy atom. The SMILES string of the molecule is Oc1ccc2c(O)c(F)c(F)c(F)c2c1F. The summed E-state index contributed by atoms with van der Waals surface area (Å²) < 4.78 is 52.2. The topological polar surface area (TPSA) is 40.5 Å². The van der Waals surface area contributed by atoms with Crippen LogP contribution in [0.1, 0.15) is 0 Å². The van der Waals surface area contributed by atoms with Gasteiger partial charge >= 0.3 is 0 Å². The van der Waals surface area contributed by atoms with Crippen LogP contribution in [0, 0.1) is 23.3 Å². The lowest BCUT2D eigenvalue weighted by Crippen LogP contribution is -1.96. The minimum Gasteiger partial charge on any atom is -0.505 e. The second-order valence-electron chi connectivity index (χ2n) is 3.11. The van der Waals surface area contributed by atoms with Crippen molar-refractivity contribution in [3.05, 3.63) is 35.4 Å². The van der Waals surface area contributed by atoms with Crippen LogP contribution < -0.4 is 0 Å². The molecule has 0 unspecified atom stereocenters. The lowest BCUT2D eigenvalue weighted by molar-refractivity contribution is 0.391. The maximum atomic E-state index is 13.3. The third kappa shape index (κ3) is 1.19. The molecule has 6 heteroatoms. The zero-order valence-corrected chi connectivity index (χ0v) is 7.56. The number of phenolic OH excluding ortho intramolecular Hbond substituents is 2. The van der Waals surface area contributed by atoms with E-state index in [-0.39, 0.29) is 0 Å². The van der Waals surface area contributed by atoms with Crippen molar-refractivity contribution in [2.45, 2.75) is 0 Å². The Balaban J connectivity index is 3.09. The van der Waals surface area contributed by atoms with Gasteiger partial charge in [0.05, 0.1) is 5.39 Å². The van der Waals surface area contributed by atoms with Crippen LogP contribution in [0.4, 0.5) is 17.6 Å². The molecule has 0 aliphatic carbocycles. The van der Waals surface area contributed by atoms with Crippen molar-refractivity contribution in [3.63, 3.8) is 0 Å². The quantitative estimate of drug-likeness (QED) is 0.541. The number of hydrogen-bond donors (Lipinski definition) is 2. The standard InChI is InChI=1S/C10H4F4O2/c11-6-4(15)2-1-3-5(6)7(12)8(13)9(14)10(3)16/h1-2,15-16H. The second-order valence-corrected chi connectivity index (χ2v) is 3.11. The number of aromatic hydroxyl groups is 2. The lowest BCUT2D eigenvalue weighted by atomic mass is 10.1. The number of phenols is 2. The van der Waals surface area contributed by atoms with Crippen LogP contribution in [-0.4, -0.2) is 10.2 Å². The van der Waals surface area contributed by atoms with Crippen LogP contribution in [0.15, 0.2) is 12.1 Å². The Bertz CT molecular complexity index is 595. The van der Waals surface area contributed by atoms with Gasteiger partial charge < -0.3 is 10.2 Å². The first-order valence-electron chi connectivity index (χ1n) is 4.11. The van der Waals surface area contributed by atoms with E-state index in [1.165, 1.54) is 0 Å². The van der Waals surface area contributed by atoms with E-state index < -0.39 is 45.5 Å². The first-order valence-corrected chi connectivity index (χ1v) is 4.11. The summed E-state index contributed by atoms with van der Waals surface area (Å²) in [4.78, 5) is 0. The van der Waals surface area contributed by atoms with E-state index in [1.807, 2.05) is 0 Å². The molecule has 0 aliphatic rings. The average molecular weight is 232 g/mol. The van der Waals surface area contributed by atoms with Crippen molar-refractivity contribution in [1.29, 1.82) is 0 Å². The largest absolute Gasteiger partial charge is 0.505 e. The van der Waals surface area contributed by atoms with E-state index in [0.717, 1.165) is 12.1 Å². The third-order valence-corrected chi connectivity index (χ3v) is 2.19. The Hall–Kier alpha value is -1.98. The summed E-state index contributed by atoms with van der Waals surface area (Å²) in [6.45, 7) is 0. The highest BCUT2D eigenvalue weighted by Crippen LogP contribution is 2.36. The molecule has 0 aromatic heterocycles. The Labute approximate surface area is 86.4 Å². The maximum Gasteiger partial charge on any atom is 0.204 e. The van der Waals surface area contributed by atoms with Crippen molar-refractivity contribution < 1.29 is 27.8 Å². The van der Waals surface area contributed by atoms with E-state index >= 15 is 0 Å². The first kappa shape index (κ1) is 10.5. The molecule has 2 nitrogen and oxygen atoms in total. The molecular formula is C10H4F4O2. The van der Waals surface area contributed by atoms with Gasteiger partial charge in [-0.15, -0.1) is 0 Å². The molecule has 16 heavy (non-hydrogen) atoms. The van der Waals surface area contributed by atoms with Crippen molar-refractivity contribution in [2.24, 2.45) is 0 Å². The minimum atomic E-state index is -1.99. The van der Waals surface area contributed by atoms with Crippen LogP contribution in [0.3, 0.4) is 0 Å². The fraction of sp³-hybridized carbons (Fsp3) is 0. The Morgan fingerprint density at radius 3 is 2.00 bits per heavy atom. The van der Waals surface area contributed by atoms with Crippen LogP contribution in [-0.2, 0) is 0 Å². The number of fused-ring (bicyclic) bond motifs is 1. The van der Waals surface area contributed by atoms with E-state index in [9.17, 15) is 17.6 Å². The van der Waals surface area contributed by atoms with Crippen molar-refractivity contribution in [2.75, 3.05) is 0 Å². The molecule has 0 fully saturated rings. The fourth-order valence-corrected chi connectivity index (χ4v) is 1.41. The summed E-state index contributed by atoms with van der Waals surface area (Å²) in [5, 5.41) is 16.6. The normalized spacial score (nSPS) is 11.0. The Kier molecular flexibility index (Phi) is 2.15. The smallest absolute Gasteiger partial charge is 0.204 e. The van der Waals surface area contributed by atoms with E-state index in [0.29, 0.717) is 0 Å². The highest BCUT2D eigenvalue weighted by Gasteiger charge is 2.23. The molecule has 0 aliphatic heterocycles. The highest BCUT2D eigenvalue weighted by atomic mass is 19.2. The third-order valence-electron chi connectivity index (χ3n) is 2.19. The Morgan fingerprint density at radius 1 is 0.750 bits per heavy atom. The molecule has 0 radical (unpaired) electrons. The van der Waals surface area contributed by atoms with Gasteiger partial charge in [-0.05, 0) is 12.1 Å². The van der Waals surface area contributed by atoms with Crippen molar-refractivity contribution in [1.82, 2.24) is 0 Å². The minimum absolute atomic E-state index is 0.549. The average Bonchev–Trinajstić information content (AvgIpc) is 2.27. The monoisotopic (exact) mass is 232 g/mol. The van der Waals surface area contributed by atoms with E-state index in [1.54, 1.807) is 0 Å². The summed E-state index contributed by atoms with van der Waals surface area (Å²) in [6, 6.07) is 1.68. The number of benzene rings is 2. The van der Waals surface area contributed by atoms with Crippen LogP contribution in [0.5, 0.6) is 11.5 Å². The molecule has 84 valence electrons. The molecule has 2 aromatic carbocycles. The van der Waals surface area contributed by atoms with E-state index in [4.69, 9.17) is 10.2 Å². The summed E-state index contributed by atoms with van der Waals surface area (Å²) in [5.74, 6) is -9.16. The number of rotatable bonds is 0. The molecule has 0 spiro atoms. The van der Waals surface area contributed by atoms with Gasteiger partial charge in [0.1, 0.15) is 0 Å². The van der Waals surface area contributed by atoms with Gasteiger partial charge in [-0.1, -0.05) is 0 Å². The predicted molar refractivity (Wildman–Crippen MR) is 47.1 cm³/mol. The molecule has 0 amide bonds. The van der Waals surface area contributed by atoms with Gasteiger partial charge in [-0.3, -0.25) is 0 Å². The van der Waals surface area contributed by atoms with E-state index in [2.05, 4.69) is 0 Å². The zero-order valence-electron chi connectivity index (χ0n) is 7.56. The number of hydrogen-bond acceptors (Lipinski definition) is 2. The molecular weight excluding hydrogens is 228 g/mol. The molecule has 0 bridgehead atoms. The van der Waals surface area contributed by atoms with Gasteiger partial charge in [0.15, 0.2) is 29.0 Å². The van der Waals surface area contributed by atoms with Gasteiger partial charge in [0, 0.05) is 5.39 Å². The molecule has 0 heterocycles. The van der Waals surface area contributed by atoms with Crippen LogP contribution >= 0.6 is 0 Å². The van der Waals surface area contributed by atoms with Gasteiger partial charge in [0.25, 0.3) is 0 Å². The molecule has 2 rings (SSSR count). The molecule has 2 N–H and O–H groups in total. The van der Waals surface area contributed by atoms with Crippen molar-refractivity contribution in [3.8, 4) is 11.5 Å². The molecule has 0 saturated heterocycles. The lowest BCUT2D eigenvalue weighted by Gasteiger charge is -2.07. The molecule has 0 atom stereocenters. The zero-order chi connectivity index (χ0) is 12.0. The van der Waals surface area contributed by atoms with Gasteiger partial charge in [-0.25, -0.2) is 13.2 Å². The van der Waals surface area contributed by atoms with Crippen LogP contribution in [0.25, 0.3) is 10.8 Å². The molecule has 0 saturated carbocycles. The van der Waals surface area contributed by atoms with Gasteiger partial charge in [0.2, 0.25) is 5.82 Å². The first-order chi connectivity index (χ1) is 7.45. The second kappa shape index (κ2) is 3.26. The van der Waals surface area contributed by atoms with Crippen LogP contribution in [0.2, 0.25) is 0 Å². The molecule has 2 aromatic rings. The maximum absolute atomic E-state index is 13.3. The number of halogens is 4. The summed E-state index contributed by atoms with van der Waals surface area (Å²) >= 11 is 0. The summed E-state index contributed by atoms with van der Waals surface area (Å²) in [7, 11) is 0. The highest BCUT2D eigenvalue weighted by molar-refractivity contribution is 5.90.